The fraction of sp³-hybridized carbons (Fsp3) is 0.400. The molecule has 2 aromatic rings. The summed E-state index contributed by atoms with van der Waals surface area (Å²) in [5.41, 5.74) is 5.48. The second-order valence-corrected chi connectivity index (χ2v) is 5.82. The monoisotopic (exact) mass is 260 g/mol. The minimum absolute atomic E-state index is 0.356. The van der Waals surface area contributed by atoms with Crippen molar-refractivity contribution >= 4 is 11.3 Å². The lowest BCUT2D eigenvalue weighted by Gasteiger charge is -2.19. The molecule has 0 saturated carbocycles. The molecule has 0 spiro atoms. The largest absolute Gasteiger partial charge is 0.304 e. The maximum absolute atomic E-state index is 4.30. The van der Waals surface area contributed by atoms with Gasteiger partial charge in [-0.05, 0) is 44.4 Å². The number of hydrogen-bond acceptors (Lipinski definition) is 3. The fourth-order valence-corrected chi connectivity index (χ4v) is 3.12. The van der Waals surface area contributed by atoms with Gasteiger partial charge in [0.05, 0.1) is 0 Å². The van der Waals surface area contributed by atoms with E-state index in [9.17, 15) is 0 Å². The third kappa shape index (κ3) is 2.98. The van der Waals surface area contributed by atoms with Crippen LogP contribution in [0.1, 0.15) is 40.2 Å². The van der Waals surface area contributed by atoms with E-state index in [1.807, 2.05) is 11.6 Å². The van der Waals surface area contributed by atoms with Gasteiger partial charge in [0.15, 0.2) is 0 Å². The first-order valence-corrected chi connectivity index (χ1v) is 7.15. The molecule has 1 heterocycles. The van der Waals surface area contributed by atoms with E-state index in [0.29, 0.717) is 6.04 Å². The minimum Gasteiger partial charge on any atom is -0.304 e. The number of benzene rings is 1. The molecule has 0 aliphatic carbocycles. The lowest BCUT2D eigenvalue weighted by molar-refractivity contribution is 0.568. The van der Waals surface area contributed by atoms with Crippen molar-refractivity contribution in [3.05, 3.63) is 51.0 Å². The van der Waals surface area contributed by atoms with Gasteiger partial charge in [0.1, 0.15) is 5.01 Å². The highest BCUT2D eigenvalue weighted by molar-refractivity contribution is 7.09. The van der Waals surface area contributed by atoms with E-state index in [0.717, 1.165) is 11.6 Å². The van der Waals surface area contributed by atoms with E-state index in [1.54, 1.807) is 11.3 Å². The maximum atomic E-state index is 4.30. The molecule has 18 heavy (non-hydrogen) atoms. The van der Waals surface area contributed by atoms with Crippen LogP contribution in [0.3, 0.4) is 0 Å². The summed E-state index contributed by atoms with van der Waals surface area (Å²) in [5, 5.41) is 6.71. The molecule has 1 unspecified atom stereocenters. The molecule has 96 valence electrons. The van der Waals surface area contributed by atoms with Gasteiger partial charge in [-0.2, -0.15) is 0 Å². The average molecular weight is 260 g/mol. The van der Waals surface area contributed by atoms with Crippen molar-refractivity contribution in [3.8, 4) is 0 Å². The summed E-state index contributed by atoms with van der Waals surface area (Å²) in [6.07, 6.45) is 1.86. The zero-order chi connectivity index (χ0) is 13.1. The zero-order valence-corrected chi connectivity index (χ0v) is 12.3. The Bertz CT molecular complexity index is 494. The van der Waals surface area contributed by atoms with Crippen molar-refractivity contribution < 1.29 is 0 Å². The summed E-state index contributed by atoms with van der Waals surface area (Å²) in [4.78, 5) is 4.30. The second-order valence-electron chi connectivity index (χ2n) is 4.84. The van der Waals surface area contributed by atoms with E-state index in [-0.39, 0.29) is 0 Å². The highest BCUT2D eigenvalue weighted by Gasteiger charge is 2.11. The van der Waals surface area contributed by atoms with E-state index in [1.165, 1.54) is 22.3 Å². The van der Waals surface area contributed by atoms with Crippen molar-refractivity contribution in [2.75, 3.05) is 0 Å². The number of hydrogen-bond donors (Lipinski definition) is 1. The molecule has 0 amide bonds. The Hall–Kier alpha value is -1.19. The highest BCUT2D eigenvalue weighted by atomic mass is 32.1. The number of thiazole rings is 1. The maximum Gasteiger partial charge on any atom is 0.106 e. The first kappa shape index (κ1) is 13.2. The van der Waals surface area contributed by atoms with Crippen LogP contribution in [0.15, 0.2) is 23.7 Å². The Kier molecular flexibility index (Phi) is 4.15. The van der Waals surface area contributed by atoms with Crippen molar-refractivity contribution in [3.63, 3.8) is 0 Å². The van der Waals surface area contributed by atoms with Gasteiger partial charge in [-0.1, -0.05) is 17.7 Å². The molecule has 0 aliphatic heterocycles. The first-order valence-electron chi connectivity index (χ1n) is 6.27. The van der Waals surface area contributed by atoms with Crippen LogP contribution in [0.5, 0.6) is 0 Å². The zero-order valence-electron chi connectivity index (χ0n) is 11.4. The van der Waals surface area contributed by atoms with Crippen molar-refractivity contribution in [2.45, 2.75) is 40.3 Å². The van der Waals surface area contributed by atoms with Gasteiger partial charge in [-0.3, -0.25) is 0 Å². The number of rotatable bonds is 4. The molecule has 1 aromatic carbocycles. The Labute approximate surface area is 113 Å². The van der Waals surface area contributed by atoms with E-state index in [2.05, 4.69) is 50.1 Å². The van der Waals surface area contributed by atoms with Crippen LogP contribution in [0.25, 0.3) is 0 Å². The minimum atomic E-state index is 0.356. The molecule has 0 bridgehead atoms. The van der Waals surface area contributed by atoms with Crippen molar-refractivity contribution in [2.24, 2.45) is 0 Å². The summed E-state index contributed by atoms with van der Waals surface area (Å²) < 4.78 is 0. The number of nitrogens with one attached hydrogen (secondary N) is 1. The van der Waals surface area contributed by atoms with E-state index < -0.39 is 0 Å². The van der Waals surface area contributed by atoms with Gasteiger partial charge >= 0.3 is 0 Å². The van der Waals surface area contributed by atoms with Gasteiger partial charge < -0.3 is 5.32 Å². The van der Waals surface area contributed by atoms with Crippen LogP contribution in [-0.2, 0) is 6.54 Å². The molecular formula is C15H20N2S. The normalized spacial score (nSPS) is 12.7. The molecule has 0 radical (unpaired) electrons. The quantitative estimate of drug-likeness (QED) is 0.901. The number of nitrogens with zero attached hydrogens (tertiary/aromatic N) is 1. The smallest absolute Gasteiger partial charge is 0.106 e. The van der Waals surface area contributed by atoms with Crippen molar-refractivity contribution in [1.29, 1.82) is 0 Å². The highest BCUT2D eigenvalue weighted by Crippen LogP contribution is 2.23. The summed E-state index contributed by atoms with van der Waals surface area (Å²) in [5.74, 6) is 0. The number of aryl methyl sites for hydroxylation is 3. The van der Waals surface area contributed by atoms with Gasteiger partial charge in [0, 0.05) is 24.2 Å². The van der Waals surface area contributed by atoms with Crippen LogP contribution in [-0.4, -0.2) is 4.98 Å². The second kappa shape index (κ2) is 5.63. The first-order chi connectivity index (χ1) is 8.58. The van der Waals surface area contributed by atoms with Crippen LogP contribution in [0.4, 0.5) is 0 Å². The molecule has 1 aromatic heterocycles. The molecule has 0 aliphatic rings. The van der Waals surface area contributed by atoms with E-state index >= 15 is 0 Å². The standard InChI is InChI=1S/C15H20N2S/c1-10-7-11(2)15(12(3)8-10)13(4)17-9-14-16-5-6-18-14/h5-8,13,17H,9H2,1-4H3. The van der Waals surface area contributed by atoms with E-state index in [4.69, 9.17) is 0 Å². The molecule has 0 fully saturated rings. The molecule has 2 nitrogen and oxygen atoms in total. The summed E-state index contributed by atoms with van der Waals surface area (Å²) in [7, 11) is 0. The van der Waals surface area contributed by atoms with Gasteiger partial charge in [-0.15, -0.1) is 11.3 Å². The Balaban J connectivity index is 2.11. The van der Waals surface area contributed by atoms with Crippen molar-refractivity contribution in [1.82, 2.24) is 10.3 Å². The Morgan fingerprint density at radius 1 is 1.22 bits per heavy atom. The molecular weight excluding hydrogens is 240 g/mol. The predicted molar refractivity (Wildman–Crippen MR) is 78.0 cm³/mol. The lowest BCUT2D eigenvalue weighted by atomic mass is 9.95. The van der Waals surface area contributed by atoms with Crippen LogP contribution < -0.4 is 5.32 Å². The summed E-state index contributed by atoms with van der Waals surface area (Å²) >= 11 is 1.70. The van der Waals surface area contributed by atoms with Gasteiger partial charge in [0.2, 0.25) is 0 Å². The molecule has 1 N–H and O–H groups in total. The molecule has 1 atom stereocenters. The van der Waals surface area contributed by atoms with Gasteiger partial charge in [-0.25, -0.2) is 4.98 Å². The molecule has 3 heteroatoms. The average Bonchev–Trinajstić information content (AvgIpc) is 2.77. The fourth-order valence-electron chi connectivity index (χ4n) is 2.56. The Morgan fingerprint density at radius 2 is 1.89 bits per heavy atom. The third-order valence-electron chi connectivity index (χ3n) is 3.21. The topological polar surface area (TPSA) is 24.9 Å². The van der Waals surface area contributed by atoms with Crippen LogP contribution in [0.2, 0.25) is 0 Å². The van der Waals surface area contributed by atoms with Gasteiger partial charge in [0.25, 0.3) is 0 Å². The lowest BCUT2D eigenvalue weighted by Crippen LogP contribution is -2.19. The SMILES string of the molecule is Cc1cc(C)c(C(C)NCc2nccs2)c(C)c1. The Morgan fingerprint density at radius 3 is 2.44 bits per heavy atom. The summed E-state index contributed by atoms with van der Waals surface area (Å²) in [6, 6.07) is 4.86. The number of aromatic nitrogens is 1. The third-order valence-corrected chi connectivity index (χ3v) is 3.99. The summed E-state index contributed by atoms with van der Waals surface area (Å²) in [6.45, 7) is 9.59. The predicted octanol–water partition coefficient (Wildman–Crippen LogP) is 3.92. The molecule has 2 rings (SSSR count). The van der Waals surface area contributed by atoms with Crippen LogP contribution in [0, 0.1) is 20.8 Å². The molecule has 0 saturated heterocycles. The van der Waals surface area contributed by atoms with Crippen LogP contribution >= 0.6 is 11.3 Å².